The van der Waals surface area contributed by atoms with E-state index < -0.39 is 5.82 Å². The molecule has 1 aliphatic heterocycles. The zero-order valence-electron chi connectivity index (χ0n) is 20.5. The first-order valence-electron chi connectivity index (χ1n) is 12.0. The summed E-state index contributed by atoms with van der Waals surface area (Å²) in [6.07, 6.45) is 5.06. The highest BCUT2D eigenvalue weighted by Gasteiger charge is 2.21. The third kappa shape index (κ3) is 5.24. The standard InChI is InChI=1S/C28H22ClFN6O2/c1-2-38-24-14-25(28-21(15-31)17-33-36(28)18-24)20-4-5-26(32-16-20)34-7-9-35(10-8-34)27(37)6-3-19-11-22(29)13-23(30)12-19/h4-5,11-14,16-18H,2,7-10H2,1H3. The molecule has 0 spiro atoms. The van der Waals surface area contributed by atoms with Gasteiger partial charge in [0.1, 0.15) is 23.5 Å². The predicted molar refractivity (Wildman–Crippen MR) is 141 cm³/mol. The lowest BCUT2D eigenvalue weighted by Gasteiger charge is -2.34. The number of fused-ring (bicyclic) bond motifs is 1. The van der Waals surface area contributed by atoms with Gasteiger partial charge in [0, 0.05) is 60.0 Å². The number of halogens is 2. The molecule has 8 nitrogen and oxygen atoms in total. The van der Waals surface area contributed by atoms with Gasteiger partial charge in [-0.2, -0.15) is 10.4 Å². The van der Waals surface area contributed by atoms with Crippen LogP contribution in [-0.4, -0.2) is 58.2 Å². The highest BCUT2D eigenvalue weighted by Crippen LogP contribution is 2.31. The molecule has 0 bridgehead atoms. The molecule has 3 aromatic heterocycles. The second-order valence-corrected chi connectivity index (χ2v) is 9.01. The minimum atomic E-state index is -0.497. The van der Waals surface area contributed by atoms with Gasteiger partial charge < -0.3 is 14.5 Å². The summed E-state index contributed by atoms with van der Waals surface area (Å²) in [5, 5.41) is 14.1. The van der Waals surface area contributed by atoms with E-state index in [1.54, 1.807) is 21.8 Å². The average Bonchev–Trinajstić information content (AvgIpc) is 3.34. The smallest absolute Gasteiger partial charge is 0.298 e. The van der Waals surface area contributed by atoms with Crippen LogP contribution < -0.4 is 9.64 Å². The summed E-state index contributed by atoms with van der Waals surface area (Å²) in [6.45, 7) is 4.57. The number of nitriles is 1. The molecule has 1 saturated heterocycles. The van der Waals surface area contributed by atoms with E-state index in [1.807, 2.05) is 25.1 Å². The molecule has 0 saturated carbocycles. The summed E-state index contributed by atoms with van der Waals surface area (Å²) in [6, 6.07) is 11.9. The van der Waals surface area contributed by atoms with Crippen LogP contribution in [0.3, 0.4) is 0 Å². The van der Waals surface area contributed by atoms with Crippen molar-refractivity contribution in [2.75, 3.05) is 37.7 Å². The van der Waals surface area contributed by atoms with Gasteiger partial charge in [-0.3, -0.25) is 4.79 Å². The van der Waals surface area contributed by atoms with E-state index >= 15 is 0 Å². The SMILES string of the molecule is CCOc1cc(-c2ccc(N3CCN(C(=O)C#Cc4cc(F)cc(Cl)c4)CC3)nc2)c2c(C#N)cnn2c1. The molecule has 5 rings (SSSR count). The molecule has 1 amide bonds. The molecule has 190 valence electrons. The zero-order chi connectivity index (χ0) is 26.6. The van der Waals surface area contributed by atoms with Crippen molar-refractivity contribution in [1.29, 1.82) is 5.26 Å². The van der Waals surface area contributed by atoms with Gasteiger partial charge in [-0.1, -0.05) is 17.5 Å². The predicted octanol–water partition coefficient (Wildman–Crippen LogP) is 4.16. The third-order valence-electron chi connectivity index (χ3n) is 6.14. The molecule has 0 unspecified atom stereocenters. The van der Waals surface area contributed by atoms with Crippen LogP contribution in [0.25, 0.3) is 16.6 Å². The molecule has 1 fully saturated rings. The maximum absolute atomic E-state index is 13.5. The molecular weight excluding hydrogens is 507 g/mol. The molecule has 38 heavy (non-hydrogen) atoms. The van der Waals surface area contributed by atoms with Gasteiger partial charge >= 0.3 is 0 Å². The first kappa shape index (κ1) is 25.1. The molecule has 0 radical (unpaired) electrons. The van der Waals surface area contributed by atoms with E-state index in [0.717, 1.165) is 16.9 Å². The van der Waals surface area contributed by atoms with Crippen LogP contribution in [0.15, 0.2) is 55.0 Å². The fraction of sp³-hybridized carbons (Fsp3) is 0.214. The van der Waals surface area contributed by atoms with Crippen molar-refractivity contribution in [3.63, 3.8) is 0 Å². The monoisotopic (exact) mass is 528 g/mol. The van der Waals surface area contributed by atoms with Gasteiger partial charge in [0.15, 0.2) is 0 Å². The van der Waals surface area contributed by atoms with Gasteiger partial charge in [-0.05, 0) is 43.3 Å². The van der Waals surface area contributed by atoms with Crippen molar-refractivity contribution < 1.29 is 13.9 Å². The van der Waals surface area contributed by atoms with E-state index in [2.05, 4.69) is 32.9 Å². The summed E-state index contributed by atoms with van der Waals surface area (Å²) in [5.74, 6) is 5.89. The number of hydrogen-bond donors (Lipinski definition) is 0. The Morgan fingerprint density at radius 2 is 1.97 bits per heavy atom. The van der Waals surface area contributed by atoms with Crippen molar-refractivity contribution in [3.8, 4) is 34.8 Å². The number of amides is 1. The molecule has 1 aliphatic rings. The van der Waals surface area contributed by atoms with Crippen LogP contribution in [-0.2, 0) is 4.79 Å². The largest absolute Gasteiger partial charge is 0.492 e. The first-order chi connectivity index (χ1) is 18.4. The number of aromatic nitrogens is 3. The summed E-state index contributed by atoms with van der Waals surface area (Å²) in [4.78, 5) is 21.0. The number of ether oxygens (including phenoxy) is 1. The van der Waals surface area contributed by atoms with Crippen molar-refractivity contribution in [2.45, 2.75) is 6.92 Å². The third-order valence-corrected chi connectivity index (χ3v) is 6.36. The topological polar surface area (TPSA) is 86.8 Å². The molecule has 0 N–H and O–H groups in total. The van der Waals surface area contributed by atoms with E-state index in [4.69, 9.17) is 16.3 Å². The van der Waals surface area contributed by atoms with Gasteiger partial charge in [0.2, 0.25) is 0 Å². The van der Waals surface area contributed by atoms with Crippen LogP contribution in [0.2, 0.25) is 5.02 Å². The van der Waals surface area contributed by atoms with E-state index in [9.17, 15) is 14.4 Å². The fourth-order valence-corrected chi connectivity index (χ4v) is 4.57. The van der Waals surface area contributed by atoms with Gasteiger partial charge in [-0.15, -0.1) is 0 Å². The van der Waals surface area contributed by atoms with Crippen molar-refractivity contribution >= 4 is 28.8 Å². The Bertz CT molecular complexity index is 1590. The zero-order valence-corrected chi connectivity index (χ0v) is 21.2. The van der Waals surface area contributed by atoms with Gasteiger partial charge in [0.05, 0.1) is 30.1 Å². The van der Waals surface area contributed by atoms with Crippen molar-refractivity contribution in [1.82, 2.24) is 19.5 Å². The number of benzene rings is 1. The number of carbonyl (C=O) groups is 1. The lowest BCUT2D eigenvalue weighted by Crippen LogP contribution is -2.48. The highest BCUT2D eigenvalue weighted by molar-refractivity contribution is 6.30. The van der Waals surface area contributed by atoms with Gasteiger partial charge in [-0.25, -0.2) is 13.9 Å². The summed E-state index contributed by atoms with van der Waals surface area (Å²) in [5.41, 5.74) is 3.15. The number of pyridine rings is 2. The van der Waals surface area contributed by atoms with Crippen LogP contribution in [0.5, 0.6) is 5.75 Å². The number of rotatable bonds is 4. The highest BCUT2D eigenvalue weighted by atomic mass is 35.5. The Balaban J connectivity index is 1.29. The van der Waals surface area contributed by atoms with Gasteiger partial charge in [0.25, 0.3) is 5.91 Å². The minimum absolute atomic E-state index is 0.232. The average molecular weight is 529 g/mol. The number of hydrogen-bond acceptors (Lipinski definition) is 6. The van der Waals surface area contributed by atoms with Crippen LogP contribution in [0.4, 0.5) is 10.2 Å². The van der Waals surface area contributed by atoms with Crippen molar-refractivity contribution in [3.05, 3.63) is 77.0 Å². The van der Waals surface area contributed by atoms with E-state index in [1.165, 1.54) is 24.4 Å². The fourth-order valence-electron chi connectivity index (χ4n) is 4.35. The van der Waals surface area contributed by atoms with Crippen LogP contribution in [0, 0.1) is 29.0 Å². The number of nitrogens with zero attached hydrogens (tertiary/aromatic N) is 6. The maximum atomic E-state index is 13.5. The van der Waals surface area contributed by atoms with Crippen LogP contribution in [0.1, 0.15) is 18.1 Å². The molecule has 1 aromatic carbocycles. The minimum Gasteiger partial charge on any atom is -0.492 e. The first-order valence-corrected chi connectivity index (χ1v) is 12.4. The molecule has 0 atom stereocenters. The van der Waals surface area contributed by atoms with E-state index in [-0.39, 0.29) is 10.9 Å². The lowest BCUT2D eigenvalue weighted by molar-refractivity contribution is -0.125. The molecule has 10 heteroatoms. The number of carbonyl (C=O) groups excluding carboxylic acids is 1. The Kier molecular flexibility index (Phi) is 7.12. The lowest BCUT2D eigenvalue weighted by atomic mass is 10.1. The number of piperazine rings is 1. The normalized spacial score (nSPS) is 13.1. The quantitative estimate of drug-likeness (QED) is 0.370. The second-order valence-electron chi connectivity index (χ2n) is 8.58. The van der Waals surface area contributed by atoms with Crippen molar-refractivity contribution in [2.24, 2.45) is 0 Å². The molecule has 4 aromatic rings. The Labute approximate surface area is 223 Å². The molecule has 0 aliphatic carbocycles. The second kappa shape index (κ2) is 10.8. The summed E-state index contributed by atoms with van der Waals surface area (Å²) in [7, 11) is 0. The van der Waals surface area contributed by atoms with E-state index in [0.29, 0.717) is 55.2 Å². The van der Waals surface area contributed by atoms with Crippen LogP contribution >= 0.6 is 11.6 Å². The Hall–Kier alpha value is -4.60. The number of anilines is 1. The Morgan fingerprint density at radius 3 is 2.66 bits per heavy atom. The molecule has 4 heterocycles. The Morgan fingerprint density at radius 1 is 1.16 bits per heavy atom. The summed E-state index contributed by atoms with van der Waals surface area (Å²) < 4.78 is 20.8. The summed E-state index contributed by atoms with van der Waals surface area (Å²) >= 11 is 5.85. The maximum Gasteiger partial charge on any atom is 0.298 e. The molecular formula is C28H22ClFN6O2.